The van der Waals surface area contributed by atoms with Gasteiger partial charge in [0.1, 0.15) is 5.82 Å². The molecule has 0 saturated carbocycles. The van der Waals surface area contributed by atoms with Gasteiger partial charge < -0.3 is 9.88 Å². The number of amides is 1. The largest absolute Gasteiger partial charge is 0.349 e. The molecule has 27 heavy (non-hydrogen) atoms. The molecule has 0 bridgehead atoms. The molecule has 9 heteroatoms. The third-order valence-corrected chi connectivity index (χ3v) is 5.76. The predicted octanol–water partition coefficient (Wildman–Crippen LogP) is 1.28. The van der Waals surface area contributed by atoms with Gasteiger partial charge in [-0.15, -0.1) is 0 Å². The number of sulfone groups is 1. The van der Waals surface area contributed by atoms with Gasteiger partial charge in [0.05, 0.1) is 21.7 Å². The van der Waals surface area contributed by atoms with Crippen LogP contribution in [0.2, 0.25) is 0 Å². The fourth-order valence-electron chi connectivity index (χ4n) is 2.57. The van der Waals surface area contributed by atoms with Crippen LogP contribution < -0.4 is 10.9 Å². The van der Waals surface area contributed by atoms with E-state index in [1.165, 1.54) is 11.6 Å². The zero-order valence-electron chi connectivity index (χ0n) is 14.3. The highest BCUT2D eigenvalue weighted by atomic mass is 32.2. The molecule has 1 heterocycles. The molecule has 0 aliphatic heterocycles. The maximum atomic E-state index is 12.9. The van der Waals surface area contributed by atoms with Gasteiger partial charge in [-0.25, -0.2) is 17.8 Å². The van der Waals surface area contributed by atoms with Gasteiger partial charge in [-0.1, -0.05) is 12.1 Å². The minimum absolute atomic E-state index is 0.0436. The molecule has 140 valence electrons. The van der Waals surface area contributed by atoms with E-state index in [9.17, 15) is 22.4 Å². The lowest BCUT2D eigenvalue weighted by Crippen LogP contribution is -2.36. The maximum Gasteiger partial charge on any atom is 0.282 e. The first-order valence-corrected chi connectivity index (χ1v) is 9.67. The molecule has 1 aromatic heterocycles. The van der Waals surface area contributed by atoms with Crippen molar-refractivity contribution in [1.82, 2.24) is 14.9 Å². The summed E-state index contributed by atoms with van der Waals surface area (Å²) in [5.41, 5.74) is 0.171. The van der Waals surface area contributed by atoms with Crippen molar-refractivity contribution in [3.05, 3.63) is 70.4 Å². The van der Waals surface area contributed by atoms with E-state index in [1.54, 1.807) is 24.3 Å². The first-order valence-electron chi connectivity index (χ1n) is 8.02. The minimum atomic E-state index is -3.69. The Kier molecular flexibility index (Phi) is 5.04. The summed E-state index contributed by atoms with van der Waals surface area (Å²) in [5, 5.41) is 2.40. The number of benzene rings is 2. The summed E-state index contributed by atoms with van der Waals surface area (Å²) in [6.07, 6.45) is 0. The Hall–Kier alpha value is -3.07. The van der Waals surface area contributed by atoms with Gasteiger partial charge in [0.25, 0.3) is 11.5 Å². The van der Waals surface area contributed by atoms with Crippen molar-refractivity contribution in [3.63, 3.8) is 0 Å². The number of hydrogen-bond donors (Lipinski definition) is 1. The van der Waals surface area contributed by atoms with Gasteiger partial charge in [0, 0.05) is 13.6 Å². The zero-order chi connectivity index (χ0) is 19.6. The van der Waals surface area contributed by atoms with Crippen LogP contribution in [-0.4, -0.2) is 36.2 Å². The quantitative estimate of drug-likeness (QED) is 0.663. The topological polar surface area (TPSA) is 98.1 Å². The van der Waals surface area contributed by atoms with Gasteiger partial charge in [0.2, 0.25) is 0 Å². The van der Waals surface area contributed by atoms with E-state index < -0.39 is 32.9 Å². The molecular formula is C18H16FN3O4S. The summed E-state index contributed by atoms with van der Waals surface area (Å²) in [4.78, 5) is 28.7. The van der Waals surface area contributed by atoms with Crippen LogP contribution in [-0.2, 0) is 16.9 Å². The van der Waals surface area contributed by atoms with Gasteiger partial charge in [-0.2, -0.15) is 0 Å². The van der Waals surface area contributed by atoms with Gasteiger partial charge in [-0.05, 0) is 36.4 Å². The summed E-state index contributed by atoms with van der Waals surface area (Å²) >= 11 is 0. The Labute approximate surface area is 154 Å². The van der Waals surface area contributed by atoms with Crippen LogP contribution in [0.15, 0.2) is 58.2 Å². The number of rotatable bonds is 5. The molecule has 0 unspecified atom stereocenters. The van der Waals surface area contributed by atoms with Crippen molar-refractivity contribution in [1.29, 1.82) is 0 Å². The second kappa shape index (κ2) is 7.28. The van der Waals surface area contributed by atoms with E-state index in [4.69, 9.17) is 0 Å². The lowest BCUT2D eigenvalue weighted by molar-refractivity contribution is 0.0949. The van der Waals surface area contributed by atoms with Crippen molar-refractivity contribution in [3.8, 4) is 0 Å². The second-order valence-corrected chi connectivity index (χ2v) is 7.95. The molecule has 0 aliphatic rings. The first-order chi connectivity index (χ1) is 12.8. The Morgan fingerprint density at radius 3 is 2.52 bits per heavy atom. The second-order valence-electron chi connectivity index (χ2n) is 5.84. The fraction of sp³-hybridized carbons (Fsp3) is 0.167. The smallest absolute Gasteiger partial charge is 0.282 e. The molecule has 3 aromatic rings. The summed E-state index contributed by atoms with van der Waals surface area (Å²) in [6.45, 7) is -0.212. The van der Waals surface area contributed by atoms with Crippen molar-refractivity contribution in [2.75, 3.05) is 12.3 Å². The van der Waals surface area contributed by atoms with E-state index in [-0.39, 0.29) is 17.1 Å². The number of para-hydroxylation sites is 2. The van der Waals surface area contributed by atoms with Crippen molar-refractivity contribution in [2.45, 2.75) is 4.90 Å². The van der Waals surface area contributed by atoms with E-state index >= 15 is 0 Å². The Morgan fingerprint density at radius 2 is 1.81 bits per heavy atom. The predicted molar refractivity (Wildman–Crippen MR) is 97.8 cm³/mol. The summed E-state index contributed by atoms with van der Waals surface area (Å²) < 4.78 is 38.6. The number of aromatic nitrogens is 2. The molecule has 0 atom stereocenters. The average molecular weight is 389 g/mol. The molecular weight excluding hydrogens is 373 g/mol. The highest BCUT2D eigenvalue weighted by Gasteiger charge is 2.18. The van der Waals surface area contributed by atoms with E-state index in [1.807, 2.05) is 0 Å². The summed E-state index contributed by atoms with van der Waals surface area (Å²) in [7, 11) is -2.16. The molecule has 3 rings (SSSR count). The molecule has 0 saturated heterocycles. The van der Waals surface area contributed by atoms with E-state index in [2.05, 4.69) is 10.3 Å². The summed E-state index contributed by atoms with van der Waals surface area (Å²) in [5.74, 6) is -1.69. The lowest BCUT2D eigenvalue weighted by Gasteiger charge is -2.09. The van der Waals surface area contributed by atoms with Gasteiger partial charge in [0.15, 0.2) is 15.5 Å². The normalized spacial score (nSPS) is 11.5. The minimum Gasteiger partial charge on any atom is -0.349 e. The van der Waals surface area contributed by atoms with Crippen LogP contribution in [0.25, 0.3) is 11.0 Å². The highest BCUT2D eigenvalue weighted by Crippen LogP contribution is 2.12. The van der Waals surface area contributed by atoms with Crippen molar-refractivity contribution >= 4 is 26.8 Å². The fourth-order valence-corrected chi connectivity index (χ4v) is 3.73. The van der Waals surface area contributed by atoms with Crippen molar-refractivity contribution < 1.29 is 17.6 Å². The summed E-state index contributed by atoms with van der Waals surface area (Å²) in [6, 6.07) is 11.3. The van der Waals surface area contributed by atoms with Crippen LogP contribution in [0.1, 0.15) is 10.5 Å². The van der Waals surface area contributed by atoms with Crippen LogP contribution in [0.5, 0.6) is 0 Å². The third-order valence-electron chi connectivity index (χ3n) is 4.03. The number of nitrogens with zero attached hydrogens (tertiary/aromatic N) is 2. The third kappa shape index (κ3) is 3.87. The molecule has 0 fully saturated rings. The Bertz CT molecular complexity index is 1170. The standard InChI is InChI=1S/C18H16FN3O4S/c1-22-15-5-3-2-4-14(15)21-16(18(22)24)17(23)20-10-11-27(25,26)13-8-6-12(19)7-9-13/h2-9H,10-11H2,1H3,(H,20,23). The molecule has 2 aromatic carbocycles. The highest BCUT2D eigenvalue weighted by molar-refractivity contribution is 7.91. The first kappa shape index (κ1) is 18.7. The monoisotopic (exact) mass is 389 g/mol. The molecule has 7 nitrogen and oxygen atoms in total. The molecule has 0 spiro atoms. The van der Waals surface area contributed by atoms with Gasteiger partial charge >= 0.3 is 0 Å². The molecule has 0 aliphatic carbocycles. The Morgan fingerprint density at radius 1 is 1.15 bits per heavy atom. The number of aryl methyl sites for hydroxylation is 1. The SMILES string of the molecule is Cn1c(=O)c(C(=O)NCCS(=O)(=O)c2ccc(F)cc2)nc2ccccc21. The van der Waals surface area contributed by atoms with Crippen LogP contribution in [0, 0.1) is 5.82 Å². The van der Waals surface area contributed by atoms with Crippen LogP contribution in [0.4, 0.5) is 4.39 Å². The Balaban J connectivity index is 1.75. The number of fused-ring (bicyclic) bond motifs is 1. The average Bonchev–Trinajstić information content (AvgIpc) is 2.64. The van der Waals surface area contributed by atoms with E-state index in [0.717, 1.165) is 24.3 Å². The maximum absolute atomic E-state index is 12.9. The van der Waals surface area contributed by atoms with E-state index in [0.29, 0.717) is 11.0 Å². The number of nitrogens with one attached hydrogen (secondary N) is 1. The number of hydrogen-bond acceptors (Lipinski definition) is 5. The van der Waals surface area contributed by atoms with Crippen molar-refractivity contribution in [2.24, 2.45) is 7.05 Å². The molecule has 0 radical (unpaired) electrons. The zero-order valence-corrected chi connectivity index (χ0v) is 15.2. The number of carbonyl (C=O) groups is 1. The molecule has 1 N–H and O–H groups in total. The van der Waals surface area contributed by atoms with Crippen LogP contribution >= 0.6 is 0 Å². The van der Waals surface area contributed by atoms with Crippen LogP contribution in [0.3, 0.4) is 0 Å². The molecule has 1 amide bonds. The van der Waals surface area contributed by atoms with Gasteiger partial charge in [-0.3, -0.25) is 9.59 Å². The number of halogens is 1. The number of carbonyl (C=O) groups excluding carboxylic acids is 1. The lowest BCUT2D eigenvalue weighted by atomic mass is 10.2.